The minimum absolute atomic E-state index is 0.209. The van der Waals surface area contributed by atoms with Gasteiger partial charge in [0.25, 0.3) is 0 Å². The van der Waals surface area contributed by atoms with Crippen molar-refractivity contribution >= 4 is 23.5 Å². The lowest BCUT2D eigenvalue weighted by molar-refractivity contribution is -0.155. The molecule has 2 aliphatic rings. The van der Waals surface area contributed by atoms with Crippen LogP contribution in [-0.4, -0.2) is 47.0 Å². The number of hydrogen-bond donors (Lipinski definition) is 2. The monoisotopic (exact) mass is 490 g/mol. The molecule has 1 saturated heterocycles. The number of para-hydroxylation sites is 1. The Bertz CT molecular complexity index is 1140. The predicted molar refractivity (Wildman–Crippen MR) is 137 cm³/mol. The summed E-state index contributed by atoms with van der Waals surface area (Å²) in [6.07, 6.45) is 3.78. The average Bonchev–Trinajstić information content (AvgIpc) is 3.15. The number of aryl methyl sites for hydroxylation is 2. The van der Waals surface area contributed by atoms with Crippen molar-refractivity contribution in [3.05, 3.63) is 77.4 Å². The average molecular weight is 491 g/mol. The van der Waals surface area contributed by atoms with E-state index in [1.54, 1.807) is 6.92 Å². The number of esters is 1. The maximum Gasteiger partial charge on any atom is 0.310 e. The Morgan fingerprint density at radius 1 is 1.06 bits per heavy atom. The van der Waals surface area contributed by atoms with Gasteiger partial charge in [0.1, 0.15) is 6.04 Å². The number of carbonyl (C=O) groups excluding carboxylic acids is 3. The molecule has 7 nitrogen and oxygen atoms in total. The fraction of sp³-hybridized carbons (Fsp3) is 0.414. The van der Waals surface area contributed by atoms with Crippen molar-refractivity contribution in [1.82, 2.24) is 4.90 Å². The van der Waals surface area contributed by atoms with E-state index in [0.717, 1.165) is 16.7 Å². The smallest absolute Gasteiger partial charge is 0.310 e. The third-order valence-electron chi connectivity index (χ3n) is 7.46. The number of nitrogens with zero attached hydrogens (tertiary/aromatic N) is 1. The first-order chi connectivity index (χ1) is 17.3. The van der Waals surface area contributed by atoms with Gasteiger partial charge in [0.2, 0.25) is 11.8 Å². The van der Waals surface area contributed by atoms with Gasteiger partial charge in [-0.25, -0.2) is 0 Å². The zero-order valence-corrected chi connectivity index (χ0v) is 21.2. The lowest BCUT2D eigenvalue weighted by Gasteiger charge is -2.33. The Hall–Kier alpha value is -3.45. The van der Waals surface area contributed by atoms with Crippen LogP contribution in [0.5, 0.6) is 0 Å². The van der Waals surface area contributed by atoms with Gasteiger partial charge in [0.15, 0.2) is 0 Å². The summed E-state index contributed by atoms with van der Waals surface area (Å²) >= 11 is 0. The largest absolute Gasteiger partial charge is 0.466 e. The Balaban J connectivity index is 1.80. The number of benzene rings is 2. The van der Waals surface area contributed by atoms with E-state index in [4.69, 9.17) is 4.74 Å². The minimum atomic E-state index is -0.903. The van der Waals surface area contributed by atoms with Crippen LogP contribution in [0.15, 0.2) is 60.7 Å². The van der Waals surface area contributed by atoms with Gasteiger partial charge in [-0.1, -0.05) is 67.6 Å². The highest BCUT2D eigenvalue weighted by atomic mass is 16.5. The normalized spacial score (nSPS) is 25.9. The van der Waals surface area contributed by atoms with Crippen molar-refractivity contribution in [3.63, 3.8) is 0 Å². The Kier molecular flexibility index (Phi) is 7.59. The second-order valence-electron chi connectivity index (χ2n) is 9.68. The number of anilines is 1. The Morgan fingerprint density at radius 2 is 1.72 bits per heavy atom. The molecule has 2 aromatic carbocycles. The highest BCUT2D eigenvalue weighted by Crippen LogP contribution is 2.47. The van der Waals surface area contributed by atoms with Crippen LogP contribution >= 0.6 is 0 Å². The number of carbonyl (C=O) groups is 3. The lowest BCUT2D eigenvalue weighted by Crippen LogP contribution is -2.47. The summed E-state index contributed by atoms with van der Waals surface area (Å²) in [5, 5.41) is 13.5. The van der Waals surface area contributed by atoms with Crippen LogP contribution in [0.3, 0.4) is 0 Å². The number of likely N-dealkylation sites (tertiary alicyclic amines) is 1. The van der Waals surface area contributed by atoms with E-state index in [9.17, 15) is 19.5 Å². The zero-order chi connectivity index (χ0) is 26.0. The molecule has 0 radical (unpaired) electrons. The van der Waals surface area contributed by atoms with Crippen LogP contribution in [0.4, 0.5) is 5.69 Å². The number of rotatable bonds is 7. The summed E-state index contributed by atoms with van der Waals surface area (Å²) in [6, 6.07) is 13.3. The summed E-state index contributed by atoms with van der Waals surface area (Å²) in [5.74, 6) is -3.32. The highest BCUT2D eigenvalue weighted by molar-refractivity contribution is 6.02. The third kappa shape index (κ3) is 4.55. The fourth-order valence-electron chi connectivity index (χ4n) is 5.71. The van der Waals surface area contributed by atoms with Crippen LogP contribution in [-0.2, 0) is 19.1 Å². The summed E-state index contributed by atoms with van der Waals surface area (Å²) < 4.78 is 5.34. The number of fused-ring (bicyclic) bond motifs is 1. The van der Waals surface area contributed by atoms with Gasteiger partial charge < -0.3 is 20.1 Å². The van der Waals surface area contributed by atoms with Crippen molar-refractivity contribution in [2.75, 3.05) is 18.5 Å². The van der Waals surface area contributed by atoms with E-state index in [0.29, 0.717) is 5.69 Å². The number of hydrogen-bond acceptors (Lipinski definition) is 5. The molecular formula is C29H34N2O5. The molecule has 36 heavy (non-hydrogen) atoms. The molecule has 1 fully saturated rings. The van der Waals surface area contributed by atoms with Crippen LogP contribution in [0.25, 0.3) is 0 Å². The molecule has 190 valence electrons. The second kappa shape index (κ2) is 10.7. The standard InChI is InChI=1S/C29H34N2O5/c1-5-36-29(35)23-17(2)14-15-21-24(23)28(34)31(22(16-32)20-12-7-6-8-13-20)26(21)27(33)30-25-18(3)10-9-11-19(25)4/h6-15,17,21-24,26,32H,5,16H2,1-4H3,(H,30,33)/t17-,21+,22-,23-,24+,26+/m1/s1. The second-order valence-corrected chi connectivity index (χ2v) is 9.68. The van der Waals surface area contributed by atoms with Gasteiger partial charge in [-0.15, -0.1) is 0 Å². The quantitative estimate of drug-likeness (QED) is 0.455. The van der Waals surface area contributed by atoms with E-state index < -0.39 is 35.8 Å². The molecule has 2 aromatic rings. The maximum atomic E-state index is 14.1. The van der Waals surface area contributed by atoms with Gasteiger partial charge in [-0.2, -0.15) is 0 Å². The van der Waals surface area contributed by atoms with E-state index in [-0.39, 0.29) is 30.9 Å². The summed E-state index contributed by atoms with van der Waals surface area (Å²) in [7, 11) is 0. The predicted octanol–water partition coefficient (Wildman–Crippen LogP) is 3.80. The van der Waals surface area contributed by atoms with Crippen LogP contribution < -0.4 is 5.32 Å². The zero-order valence-electron chi connectivity index (χ0n) is 21.2. The van der Waals surface area contributed by atoms with E-state index in [2.05, 4.69) is 5.32 Å². The highest BCUT2D eigenvalue weighted by Gasteiger charge is 2.58. The topological polar surface area (TPSA) is 95.9 Å². The molecule has 2 N–H and O–H groups in total. The van der Waals surface area contributed by atoms with Crippen LogP contribution in [0.1, 0.15) is 36.6 Å². The lowest BCUT2D eigenvalue weighted by atomic mass is 9.70. The molecular weight excluding hydrogens is 456 g/mol. The summed E-state index contributed by atoms with van der Waals surface area (Å²) in [4.78, 5) is 42.5. The molecule has 2 amide bonds. The van der Waals surface area contributed by atoms with Crippen molar-refractivity contribution in [1.29, 1.82) is 0 Å². The van der Waals surface area contributed by atoms with Gasteiger partial charge in [-0.3, -0.25) is 14.4 Å². The number of aliphatic hydroxyl groups excluding tert-OH is 1. The molecule has 1 aliphatic heterocycles. The third-order valence-corrected chi connectivity index (χ3v) is 7.46. The van der Waals surface area contributed by atoms with Crippen molar-refractivity contribution in [2.45, 2.75) is 39.8 Å². The summed E-state index contributed by atoms with van der Waals surface area (Å²) in [5.41, 5.74) is 3.25. The SMILES string of the molecule is CCOC(=O)[C@H]1[C@H]2C(=O)N([C@H](CO)c3ccccc3)[C@H](C(=O)Nc3c(C)cccc3C)[C@H]2C=C[C@H]1C. The first-order valence-corrected chi connectivity index (χ1v) is 12.5. The fourth-order valence-corrected chi connectivity index (χ4v) is 5.71. The first kappa shape index (κ1) is 25.6. The minimum Gasteiger partial charge on any atom is -0.466 e. The van der Waals surface area contributed by atoms with Crippen molar-refractivity contribution in [2.24, 2.45) is 23.7 Å². The molecule has 0 bridgehead atoms. The van der Waals surface area contributed by atoms with Crippen molar-refractivity contribution in [3.8, 4) is 0 Å². The van der Waals surface area contributed by atoms with E-state index in [1.807, 2.05) is 81.5 Å². The van der Waals surface area contributed by atoms with Gasteiger partial charge in [0, 0.05) is 11.6 Å². The number of aliphatic hydroxyl groups is 1. The molecule has 1 aliphatic carbocycles. The number of nitrogens with one attached hydrogen (secondary N) is 1. The molecule has 7 heteroatoms. The number of ether oxygens (including phenoxy) is 1. The van der Waals surface area contributed by atoms with Crippen LogP contribution in [0, 0.1) is 37.5 Å². The molecule has 0 spiro atoms. The summed E-state index contributed by atoms with van der Waals surface area (Å²) in [6.45, 7) is 7.31. The molecule has 0 unspecified atom stereocenters. The molecule has 6 atom stereocenters. The molecule has 4 rings (SSSR count). The molecule has 0 saturated carbocycles. The van der Waals surface area contributed by atoms with Gasteiger partial charge >= 0.3 is 5.97 Å². The number of amides is 2. The molecule has 0 aromatic heterocycles. The van der Waals surface area contributed by atoms with Gasteiger partial charge in [0.05, 0.1) is 31.1 Å². The van der Waals surface area contributed by atoms with Crippen LogP contribution in [0.2, 0.25) is 0 Å². The van der Waals surface area contributed by atoms with Crippen molar-refractivity contribution < 1.29 is 24.2 Å². The first-order valence-electron chi connectivity index (χ1n) is 12.5. The maximum absolute atomic E-state index is 14.1. The van der Waals surface area contributed by atoms with E-state index in [1.165, 1.54) is 4.90 Å². The van der Waals surface area contributed by atoms with Gasteiger partial charge in [-0.05, 0) is 43.4 Å². The van der Waals surface area contributed by atoms with E-state index >= 15 is 0 Å². The Morgan fingerprint density at radius 3 is 2.33 bits per heavy atom. The number of allylic oxidation sites excluding steroid dienone is 1. The Labute approximate surface area is 212 Å². The molecule has 1 heterocycles.